The number of rotatable bonds is 6. The maximum atomic E-state index is 12.0. The van der Waals surface area contributed by atoms with Gasteiger partial charge in [-0.2, -0.15) is 0 Å². The summed E-state index contributed by atoms with van der Waals surface area (Å²) in [7, 11) is 1.53. The second-order valence-electron chi connectivity index (χ2n) is 5.13. The molecule has 0 aliphatic rings. The van der Waals surface area contributed by atoms with Gasteiger partial charge < -0.3 is 14.5 Å². The first-order chi connectivity index (χ1) is 12.2. The first-order valence-electron chi connectivity index (χ1n) is 7.52. The topological polar surface area (TPSA) is 90.1 Å². The first kappa shape index (κ1) is 16.9. The van der Waals surface area contributed by atoms with Crippen LogP contribution in [0.3, 0.4) is 0 Å². The van der Waals surface area contributed by atoms with Crippen molar-refractivity contribution in [1.82, 2.24) is 15.2 Å². The number of hydrogen-bond acceptors (Lipinski definition) is 6. The summed E-state index contributed by atoms with van der Waals surface area (Å²) in [5.41, 5.74) is 1.38. The highest BCUT2D eigenvalue weighted by atomic mass is 35.5. The molecule has 2 aromatic heterocycles. The highest BCUT2D eigenvalue weighted by Gasteiger charge is 2.11. The summed E-state index contributed by atoms with van der Waals surface area (Å²) in [6.07, 6.45) is 3.84. The Balaban J connectivity index is 1.56. The van der Waals surface area contributed by atoms with E-state index in [-0.39, 0.29) is 12.3 Å². The van der Waals surface area contributed by atoms with E-state index in [1.807, 2.05) is 0 Å². The first-order valence-corrected chi connectivity index (χ1v) is 7.89. The zero-order valence-electron chi connectivity index (χ0n) is 13.4. The highest BCUT2D eigenvalue weighted by Crippen LogP contribution is 2.27. The number of aromatic nitrogens is 3. The van der Waals surface area contributed by atoms with Crippen LogP contribution in [0.1, 0.15) is 12.3 Å². The van der Waals surface area contributed by atoms with Gasteiger partial charge in [0, 0.05) is 36.5 Å². The van der Waals surface area contributed by atoms with Gasteiger partial charge in [0.15, 0.2) is 0 Å². The number of amides is 1. The van der Waals surface area contributed by atoms with E-state index in [1.54, 1.807) is 42.7 Å². The van der Waals surface area contributed by atoms with Crippen LogP contribution in [-0.2, 0) is 11.2 Å². The molecule has 1 amide bonds. The Bertz CT molecular complexity index is 867. The van der Waals surface area contributed by atoms with Crippen molar-refractivity contribution in [3.8, 4) is 17.2 Å². The molecule has 0 unspecified atom stereocenters. The molecule has 0 fully saturated rings. The van der Waals surface area contributed by atoms with E-state index in [0.29, 0.717) is 34.7 Å². The largest absolute Gasteiger partial charge is 0.495 e. The molecule has 0 aliphatic carbocycles. The van der Waals surface area contributed by atoms with Crippen LogP contribution >= 0.6 is 11.6 Å². The van der Waals surface area contributed by atoms with Crippen molar-refractivity contribution in [3.63, 3.8) is 0 Å². The summed E-state index contributed by atoms with van der Waals surface area (Å²) in [6, 6.07) is 8.59. The molecule has 128 valence electrons. The average Bonchev–Trinajstić information content (AvgIpc) is 3.10. The molecule has 0 saturated carbocycles. The molecule has 0 radical (unpaired) electrons. The van der Waals surface area contributed by atoms with E-state index in [1.165, 1.54) is 7.11 Å². The minimum atomic E-state index is -0.176. The lowest BCUT2D eigenvalue weighted by atomic mass is 10.2. The Hall–Kier alpha value is -2.93. The molecule has 0 spiro atoms. The molecule has 1 aromatic carbocycles. The predicted octanol–water partition coefficient (Wildman–Crippen LogP) is 3.36. The quantitative estimate of drug-likeness (QED) is 0.726. The SMILES string of the molecule is COc1ccc(NC(=O)CCc2nnc(-c3ccncc3)o2)cc1Cl. The van der Waals surface area contributed by atoms with Gasteiger partial charge in [0.1, 0.15) is 5.75 Å². The molecule has 1 N–H and O–H groups in total. The number of halogens is 1. The number of methoxy groups -OCH3 is 1. The standard InChI is InChI=1S/C17H15ClN4O3/c1-24-14-3-2-12(10-13(14)18)20-15(23)4-5-16-21-22-17(25-16)11-6-8-19-9-7-11/h2-3,6-10H,4-5H2,1H3,(H,20,23). The Labute approximate surface area is 149 Å². The fourth-order valence-corrected chi connectivity index (χ4v) is 2.41. The van der Waals surface area contributed by atoms with Gasteiger partial charge in [-0.05, 0) is 30.3 Å². The van der Waals surface area contributed by atoms with E-state index < -0.39 is 0 Å². The molecule has 0 saturated heterocycles. The summed E-state index contributed by atoms with van der Waals surface area (Å²) < 4.78 is 10.6. The van der Waals surface area contributed by atoms with E-state index in [2.05, 4.69) is 20.5 Å². The number of nitrogens with one attached hydrogen (secondary N) is 1. The number of nitrogens with zero attached hydrogens (tertiary/aromatic N) is 3. The van der Waals surface area contributed by atoms with Gasteiger partial charge in [-0.1, -0.05) is 11.6 Å². The Morgan fingerprint density at radius 1 is 1.24 bits per heavy atom. The molecule has 3 aromatic rings. The van der Waals surface area contributed by atoms with Gasteiger partial charge in [-0.3, -0.25) is 9.78 Å². The normalized spacial score (nSPS) is 10.5. The van der Waals surface area contributed by atoms with Gasteiger partial charge in [-0.25, -0.2) is 0 Å². The summed E-state index contributed by atoms with van der Waals surface area (Å²) in [6.45, 7) is 0. The van der Waals surface area contributed by atoms with Crippen LogP contribution in [-0.4, -0.2) is 28.2 Å². The Kier molecular flexibility index (Phi) is 5.25. The number of anilines is 1. The summed E-state index contributed by atoms with van der Waals surface area (Å²) in [5.74, 6) is 1.17. The lowest BCUT2D eigenvalue weighted by molar-refractivity contribution is -0.116. The lowest BCUT2D eigenvalue weighted by Crippen LogP contribution is -2.12. The maximum absolute atomic E-state index is 12.0. The average molecular weight is 359 g/mol. The van der Waals surface area contributed by atoms with Crippen molar-refractivity contribution in [2.24, 2.45) is 0 Å². The molecular weight excluding hydrogens is 344 g/mol. The molecule has 2 heterocycles. The molecule has 0 aliphatic heterocycles. The van der Waals surface area contributed by atoms with Crippen molar-refractivity contribution < 1.29 is 13.9 Å². The number of carbonyl (C=O) groups is 1. The van der Waals surface area contributed by atoms with Crippen molar-refractivity contribution in [2.45, 2.75) is 12.8 Å². The van der Waals surface area contributed by atoms with Gasteiger partial charge >= 0.3 is 0 Å². The second-order valence-corrected chi connectivity index (χ2v) is 5.54. The zero-order valence-corrected chi connectivity index (χ0v) is 14.2. The lowest BCUT2D eigenvalue weighted by Gasteiger charge is -2.07. The smallest absolute Gasteiger partial charge is 0.247 e. The minimum Gasteiger partial charge on any atom is -0.495 e. The van der Waals surface area contributed by atoms with Crippen LogP contribution < -0.4 is 10.1 Å². The van der Waals surface area contributed by atoms with Crippen molar-refractivity contribution >= 4 is 23.2 Å². The van der Waals surface area contributed by atoms with E-state index in [0.717, 1.165) is 5.56 Å². The number of ether oxygens (including phenoxy) is 1. The van der Waals surface area contributed by atoms with E-state index in [4.69, 9.17) is 20.8 Å². The van der Waals surface area contributed by atoms with Crippen LogP contribution in [0.4, 0.5) is 5.69 Å². The van der Waals surface area contributed by atoms with Crippen LogP contribution in [0.25, 0.3) is 11.5 Å². The summed E-state index contributed by atoms with van der Waals surface area (Å²) >= 11 is 6.03. The van der Waals surface area contributed by atoms with Crippen molar-refractivity contribution in [2.75, 3.05) is 12.4 Å². The fraction of sp³-hybridized carbons (Fsp3) is 0.176. The molecule has 0 atom stereocenters. The van der Waals surface area contributed by atoms with Gasteiger partial charge in [0.25, 0.3) is 0 Å². The summed E-state index contributed by atoms with van der Waals surface area (Å²) in [4.78, 5) is 16.0. The van der Waals surface area contributed by atoms with Gasteiger partial charge in [-0.15, -0.1) is 10.2 Å². The summed E-state index contributed by atoms with van der Waals surface area (Å²) in [5, 5.41) is 11.1. The predicted molar refractivity (Wildman–Crippen MR) is 92.5 cm³/mol. The number of pyridine rings is 1. The number of carbonyl (C=O) groups excluding carboxylic acids is 1. The monoisotopic (exact) mass is 358 g/mol. The van der Waals surface area contributed by atoms with E-state index >= 15 is 0 Å². The molecule has 8 heteroatoms. The van der Waals surface area contributed by atoms with Crippen molar-refractivity contribution in [1.29, 1.82) is 0 Å². The van der Waals surface area contributed by atoms with Crippen LogP contribution in [0.15, 0.2) is 47.1 Å². The van der Waals surface area contributed by atoms with Crippen molar-refractivity contribution in [3.05, 3.63) is 53.6 Å². The highest BCUT2D eigenvalue weighted by molar-refractivity contribution is 6.32. The number of aryl methyl sites for hydroxylation is 1. The number of hydrogen-bond donors (Lipinski definition) is 1. The van der Waals surface area contributed by atoms with Gasteiger partial charge in [0.2, 0.25) is 17.7 Å². The van der Waals surface area contributed by atoms with Crippen LogP contribution in [0, 0.1) is 0 Å². The minimum absolute atomic E-state index is 0.176. The molecule has 7 nitrogen and oxygen atoms in total. The number of benzene rings is 1. The Morgan fingerprint density at radius 3 is 2.76 bits per heavy atom. The van der Waals surface area contributed by atoms with Crippen LogP contribution in [0.5, 0.6) is 5.75 Å². The van der Waals surface area contributed by atoms with Crippen LogP contribution in [0.2, 0.25) is 5.02 Å². The molecule has 25 heavy (non-hydrogen) atoms. The molecule has 0 bridgehead atoms. The van der Waals surface area contributed by atoms with Gasteiger partial charge in [0.05, 0.1) is 12.1 Å². The zero-order chi connectivity index (χ0) is 17.6. The fourth-order valence-electron chi connectivity index (χ4n) is 2.15. The maximum Gasteiger partial charge on any atom is 0.247 e. The third kappa shape index (κ3) is 4.33. The molecular formula is C17H15ClN4O3. The molecule has 3 rings (SSSR count). The van der Waals surface area contributed by atoms with E-state index in [9.17, 15) is 4.79 Å². The third-order valence-corrected chi connectivity index (χ3v) is 3.69. The Morgan fingerprint density at radius 2 is 2.04 bits per heavy atom. The second kappa shape index (κ2) is 7.76. The third-order valence-electron chi connectivity index (χ3n) is 3.40.